The van der Waals surface area contributed by atoms with Crippen LogP contribution in [0.5, 0.6) is 0 Å². The average molecular weight is 308 g/mol. The maximum atomic E-state index is 12.7. The number of rotatable bonds is 2. The summed E-state index contributed by atoms with van der Waals surface area (Å²) in [6.07, 6.45) is -8.52. The van der Waals surface area contributed by atoms with E-state index in [0.29, 0.717) is 18.4 Å². The van der Waals surface area contributed by atoms with Crippen molar-refractivity contribution >= 4 is 6.29 Å². The molecule has 21 heavy (non-hydrogen) atoms. The molecule has 0 atom stereocenters. The first kappa shape index (κ1) is 15.1. The molecule has 0 aliphatic rings. The van der Waals surface area contributed by atoms with E-state index < -0.39 is 29.0 Å². The molecule has 0 saturated heterocycles. The highest BCUT2D eigenvalue weighted by molar-refractivity contribution is 5.73. The zero-order valence-corrected chi connectivity index (χ0v) is 10.0. The largest absolute Gasteiger partial charge is 0.416 e. The number of imidazole rings is 1. The summed E-state index contributed by atoms with van der Waals surface area (Å²) in [5.41, 5.74) is -3.37. The Morgan fingerprint density at radius 3 is 1.86 bits per heavy atom. The zero-order valence-electron chi connectivity index (χ0n) is 10.0. The van der Waals surface area contributed by atoms with Crippen LogP contribution in [0.3, 0.4) is 0 Å². The Balaban J connectivity index is 2.62. The minimum atomic E-state index is -4.93. The summed E-state index contributed by atoms with van der Waals surface area (Å²) in [7, 11) is 0. The van der Waals surface area contributed by atoms with Crippen LogP contribution >= 0.6 is 0 Å². The van der Waals surface area contributed by atoms with Gasteiger partial charge in [0.1, 0.15) is 5.82 Å². The van der Waals surface area contributed by atoms with E-state index in [4.69, 9.17) is 0 Å². The van der Waals surface area contributed by atoms with E-state index in [9.17, 15) is 31.1 Å². The molecule has 0 saturated carbocycles. The number of hydrogen-bond acceptors (Lipinski definition) is 2. The molecule has 3 nitrogen and oxygen atoms in total. The van der Waals surface area contributed by atoms with Crippen LogP contribution in [0.1, 0.15) is 21.6 Å². The molecule has 1 aromatic heterocycles. The average Bonchev–Trinajstić information content (AvgIpc) is 2.85. The fourth-order valence-electron chi connectivity index (χ4n) is 1.63. The van der Waals surface area contributed by atoms with Gasteiger partial charge in [0.25, 0.3) is 0 Å². The van der Waals surface area contributed by atoms with Gasteiger partial charge in [0.15, 0.2) is 6.29 Å². The molecule has 1 aromatic carbocycles. The number of aromatic nitrogens is 2. The molecule has 0 bridgehead atoms. The van der Waals surface area contributed by atoms with Crippen LogP contribution in [-0.2, 0) is 12.4 Å². The van der Waals surface area contributed by atoms with Crippen molar-refractivity contribution < 1.29 is 31.1 Å². The van der Waals surface area contributed by atoms with Crippen molar-refractivity contribution in [2.75, 3.05) is 0 Å². The van der Waals surface area contributed by atoms with Gasteiger partial charge in [-0.2, -0.15) is 26.3 Å². The summed E-state index contributed by atoms with van der Waals surface area (Å²) in [6.45, 7) is 0. The smallest absolute Gasteiger partial charge is 0.336 e. The number of aromatic amines is 1. The minimum absolute atomic E-state index is 0.0209. The Kier molecular flexibility index (Phi) is 3.52. The minimum Gasteiger partial charge on any atom is -0.336 e. The lowest BCUT2D eigenvalue weighted by atomic mass is 10.0. The molecule has 9 heteroatoms. The van der Waals surface area contributed by atoms with Gasteiger partial charge >= 0.3 is 12.4 Å². The maximum absolute atomic E-state index is 12.7. The molecular weight excluding hydrogens is 302 g/mol. The molecule has 0 fully saturated rings. The van der Waals surface area contributed by atoms with Crippen molar-refractivity contribution in [2.24, 2.45) is 0 Å². The molecule has 1 heterocycles. The van der Waals surface area contributed by atoms with Crippen LogP contribution < -0.4 is 0 Å². The number of hydrogen-bond donors (Lipinski definition) is 1. The van der Waals surface area contributed by atoms with E-state index in [1.807, 2.05) is 0 Å². The summed E-state index contributed by atoms with van der Waals surface area (Å²) < 4.78 is 76.0. The van der Waals surface area contributed by atoms with Gasteiger partial charge in [0.2, 0.25) is 0 Å². The molecule has 112 valence electrons. The lowest BCUT2D eigenvalue weighted by molar-refractivity contribution is -0.143. The first-order valence-corrected chi connectivity index (χ1v) is 5.41. The predicted molar refractivity (Wildman–Crippen MR) is 59.4 cm³/mol. The molecule has 0 amide bonds. The predicted octanol–water partition coefficient (Wildman–Crippen LogP) is 3.93. The molecule has 0 radical (unpaired) electrons. The topological polar surface area (TPSA) is 45.8 Å². The number of nitrogens with one attached hydrogen (secondary N) is 1. The molecule has 2 rings (SSSR count). The standard InChI is InChI=1S/C12H6F6N2O/c13-11(14,15)7-1-6(2-8(3-7)12(16,17)18)10-19-4-9(5-21)20-10/h1-5H,(H,19,20). The monoisotopic (exact) mass is 308 g/mol. The van der Waals surface area contributed by atoms with Crippen LogP contribution in [0, 0.1) is 0 Å². The molecule has 1 N–H and O–H groups in total. The Morgan fingerprint density at radius 1 is 0.952 bits per heavy atom. The van der Waals surface area contributed by atoms with Crippen LogP contribution in [-0.4, -0.2) is 16.3 Å². The number of H-pyrrole nitrogens is 1. The van der Waals surface area contributed by atoms with Gasteiger partial charge in [-0.25, -0.2) is 4.98 Å². The summed E-state index contributed by atoms with van der Waals surface area (Å²) in [6, 6.07) is 1.08. The van der Waals surface area contributed by atoms with Gasteiger partial charge in [0.05, 0.1) is 23.0 Å². The number of carbonyl (C=O) groups is 1. The van der Waals surface area contributed by atoms with Gasteiger partial charge in [0, 0.05) is 5.56 Å². The summed E-state index contributed by atoms with van der Waals surface area (Å²) in [5.74, 6) is -0.256. The number of halogens is 6. The first-order valence-electron chi connectivity index (χ1n) is 5.41. The van der Waals surface area contributed by atoms with Gasteiger partial charge in [-0.1, -0.05) is 0 Å². The Bertz CT molecular complexity index is 639. The van der Waals surface area contributed by atoms with E-state index in [2.05, 4.69) is 9.97 Å². The van der Waals surface area contributed by atoms with Crippen molar-refractivity contribution in [2.45, 2.75) is 12.4 Å². The van der Waals surface area contributed by atoms with Gasteiger partial charge in [-0.3, -0.25) is 4.79 Å². The van der Waals surface area contributed by atoms with Crippen LogP contribution in [0.25, 0.3) is 11.4 Å². The third-order valence-electron chi connectivity index (χ3n) is 2.58. The Hall–Kier alpha value is -2.32. The van der Waals surface area contributed by atoms with E-state index in [-0.39, 0.29) is 17.6 Å². The Morgan fingerprint density at radius 2 is 1.48 bits per heavy atom. The second-order valence-electron chi connectivity index (χ2n) is 4.10. The second kappa shape index (κ2) is 4.90. The number of benzene rings is 1. The molecule has 0 aliphatic heterocycles. The first-order chi connectivity index (χ1) is 9.61. The van der Waals surface area contributed by atoms with Crippen molar-refractivity contribution in [3.63, 3.8) is 0 Å². The molecule has 2 aromatic rings. The highest BCUT2D eigenvalue weighted by Gasteiger charge is 2.37. The van der Waals surface area contributed by atoms with Gasteiger partial charge < -0.3 is 4.98 Å². The maximum Gasteiger partial charge on any atom is 0.416 e. The van der Waals surface area contributed by atoms with Crippen LogP contribution in [0.15, 0.2) is 24.4 Å². The number of nitrogens with zero attached hydrogens (tertiary/aromatic N) is 1. The summed E-state index contributed by atoms with van der Waals surface area (Å²) in [4.78, 5) is 16.4. The van der Waals surface area contributed by atoms with E-state index in [0.717, 1.165) is 6.20 Å². The summed E-state index contributed by atoms with van der Waals surface area (Å²) in [5, 5.41) is 0. The van der Waals surface area contributed by atoms with Gasteiger partial charge in [-0.15, -0.1) is 0 Å². The number of alkyl halides is 6. The van der Waals surface area contributed by atoms with Gasteiger partial charge in [-0.05, 0) is 18.2 Å². The fraction of sp³-hybridized carbons (Fsp3) is 0.167. The number of aldehydes is 1. The lowest BCUT2D eigenvalue weighted by Gasteiger charge is -2.13. The van der Waals surface area contributed by atoms with E-state index in [1.165, 1.54) is 0 Å². The molecular formula is C12H6F6N2O. The third kappa shape index (κ3) is 3.23. The summed E-state index contributed by atoms with van der Waals surface area (Å²) >= 11 is 0. The highest BCUT2D eigenvalue weighted by Crippen LogP contribution is 2.38. The molecule has 0 unspecified atom stereocenters. The third-order valence-corrected chi connectivity index (χ3v) is 2.58. The molecule has 0 spiro atoms. The zero-order chi connectivity index (χ0) is 15.8. The van der Waals surface area contributed by atoms with Crippen molar-refractivity contribution in [3.05, 3.63) is 41.2 Å². The number of carbonyl (C=O) groups excluding carboxylic acids is 1. The van der Waals surface area contributed by atoms with E-state index >= 15 is 0 Å². The van der Waals surface area contributed by atoms with Crippen molar-refractivity contribution in [1.29, 1.82) is 0 Å². The lowest BCUT2D eigenvalue weighted by Crippen LogP contribution is -2.11. The van der Waals surface area contributed by atoms with Crippen molar-refractivity contribution in [1.82, 2.24) is 9.97 Å². The fourth-order valence-corrected chi connectivity index (χ4v) is 1.63. The van der Waals surface area contributed by atoms with E-state index in [1.54, 1.807) is 0 Å². The van der Waals surface area contributed by atoms with Crippen LogP contribution in [0.2, 0.25) is 0 Å². The van der Waals surface area contributed by atoms with Crippen LogP contribution in [0.4, 0.5) is 26.3 Å². The second-order valence-corrected chi connectivity index (χ2v) is 4.10. The Labute approximate surface area is 113 Å². The normalized spacial score (nSPS) is 12.5. The molecule has 0 aliphatic carbocycles. The SMILES string of the molecule is O=Cc1cnc(-c2cc(C(F)(F)F)cc(C(F)(F)F)c2)[nH]1. The quantitative estimate of drug-likeness (QED) is 0.675. The van der Waals surface area contributed by atoms with Crippen molar-refractivity contribution in [3.8, 4) is 11.4 Å². The highest BCUT2D eigenvalue weighted by atomic mass is 19.4.